The summed E-state index contributed by atoms with van der Waals surface area (Å²) < 4.78 is 0. The molecule has 0 spiro atoms. The SMILES string of the molecule is CCC(=O)Nc1cc(Cl)ccc1C(=O)NCCc1nc(C)c2c(n1)CCC2. The van der Waals surface area contributed by atoms with Gasteiger partial charge in [0.15, 0.2) is 0 Å². The molecule has 1 heterocycles. The number of amides is 2. The Hall–Kier alpha value is -2.47. The molecule has 0 unspecified atom stereocenters. The van der Waals surface area contributed by atoms with Crippen molar-refractivity contribution in [2.45, 2.75) is 46.0 Å². The number of carbonyl (C=O) groups excluding carboxylic acids is 2. The highest BCUT2D eigenvalue weighted by Gasteiger charge is 2.17. The van der Waals surface area contributed by atoms with Crippen LogP contribution in [0.15, 0.2) is 18.2 Å². The van der Waals surface area contributed by atoms with Crippen LogP contribution in [-0.2, 0) is 24.1 Å². The van der Waals surface area contributed by atoms with Gasteiger partial charge in [-0.1, -0.05) is 18.5 Å². The first-order chi connectivity index (χ1) is 13.0. The normalized spacial score (nSPS) is 12.6. The highest BCUT2D eigenvalue weighted by molar-refractivity contribution is 6.31. The molecule has 0 saturated heterocycles. The number of nitrogens with one attached hydrogen (secondary N) is 2. The van der Waals surface area contributed by atoms with Crippen LogP contribution in [0.25, 0.3) is 0 Å². The number of nitrogens with zero attached hydrogens (tertiary/aromatic N) is 2. The second kappa shape index (κ2) is 8.48. The fourth-order valence-corrected chi connectivity index (χ4v) is 3.41. The molecule has 7 heteroatoms. The molecule has 1 aliphatic carbocycles. The fraction of sp³-hybridized carbons (Fsp3) is 0.400. The van der Waals surface area contributed by atoms with E-state index in [1.807, 2.05) is 6.92 Å². The zero-order valence-electron chi connectivity index (χ0n) is 15.6. The molecule has 2 N–H and O–H groups in total. The molecule has 2 aromatic rings. The van der Waals surface area contributed by atoms with Crippen molar-refractivity contribution >= 4 is 29.1 Å². The van der Waals surface area contributed by atoms with Crippen molar-refractivity contribution in [2.24, 2.45) is 0 Å². The van der Waals surface area contributed by atoms with Gasteiger partial charge in [0.05, 0.1) is 11.3 Å². The summed E-state index contributed by atoms with van der Waals surface area (Å²) in [5.41, 5.74) is 4.26. The third-order valence-corrected chi connectivity index (χ3v) is 4.88. The number of hydrogen-bond acceptors (Lipinski definition) is 4. The van der Waals surface area contributed by atoms with Crippen molar-refractivity contribution in [3.63, 3.8) is 0 Å². The topological polar surface area (TPSA) is 84.0 Å². The highest BCUT2D eigenvalue weighted by Crippen LogP contribution is 2.23. The Bertz CT molecular complexity index is 883. The number of anilines is 1. The van der Waals surface area contributed by atoms with E-state index >= 15 is 0 Å². The Balaban J connectivity index is 1.65. The molecule has 0 atom stereocenters. The summed E-state index contributed by atoms with van der Waals surface area (Å²) >= 11 is 5.99. The summed E-state index contributed by atoms with van der Waals surface area (Å²) in [6.45, 7) is 4.18. The lowest BCUT2D eigenvalue weighted by molar-refractivity contribution is -0.115. The van der Waals surface area contributed by atoms with E-state index in [9.17, 15) is 9.59 Å². The van der Waals surface area contributed by atoms with Crippen LogP contribution < -0.4 is 10.6 Å². The van der Waals surface area contributed by atoms with Crippen molar-refractivity contribution in [3.05, 3.63) is 51.6 Å². The van der Waals surface area contributed by atoms with E-state index in [1.165, 1.54) is 5.56 Å². The Morgan fingerprint density at radius 3 is 2.81 bits per heavy atom. The molecule has 6 nitrogen and oxygen atoms in total. The van der Waals surface area contributed by atoms with E-state index in [0.29, 0.717) is 35.7 Å². The average molecular weight is 387 g/mol. The van der Waals surface area contributed by atoms with E-state index < -0.39 is 0 Å². The fourth-order valence-electron chi connectivity index (χ4n) is 3.23. The average Bonchev–Trinajstić information content (AvgIpc) is 3.11. The largest absolute Gasteiger partial charge is 0.352 e. The summed E-state index contributed by atoms with van der Waals surface area (Å²) in [6, 6.07) is 4.82. The van der Waals surface area contributed by atoms with Crippen LogP contribution in [-0.4, -0.2) is 28.3 Å². The Morgan fingerprint density at radius 2 is 2.04 bits per heavy atom. The van der Waals surface area contributed by atoms with Gasteiger partial charge in [-0.15, -0.1) is 0 Å². The maximum atomic E-state index is 12.5. The van der Waals surface area contributed by atoms with E-state index in [2.05, 4.69) is 20.6 Å². The molecule has 2 amide bonds. The number of hydrogen-bond donors (Lipinski definition) is 2. The number of benzene rings is 1. The van der Waals surface area contributed by atoms with Crippen molar-refractivity contribution in [1.29, 1.82) is 0 Å². The maximum Gasteiger partial charge on any atom is 0.253 e. The summed E-state index contributed by atoms with van der Waals surface area (Å²) in [5, 5.41) is 6.05. The molecule has 1 aliphatic rings. The second-order valence-electron chi connectivity index (χ2n) is 6.60. The molecule has 0 radical (unpaired) electrons. The summed E-state index contributed by atoms with van der Waals surface area (Å²) in [7, 11) is 0. The lowest BCUT2D eigenvalue weighted by Gasteiger charge is -2.12. The van der Waals surface area contributed by atoms with E-state index in [1.54, 1.807) is 25.1 Å². The number of halogens is 1. The van der Waals surface area contributed by atoms with Crippen LogP contribution in [0.5, 0.6) is 0 Å². The first-order valence-electron chi connectivity index (χ1n) is 9.20. The first-order valence-corrected chi connectivity index (χ1v) is 9.58. The van der Waals surface area contributed by atoms with Crippen LogP contribution in [0.1, 0.15) is 52.9 Å². The number of aromatic nitrogens is 2. The summed E-state index contributed by atoms with van der Waals surface area (Å²) in [5.74, 6) is 0.313. The zero-order valence-corrected chi connectivity index (χ0v) is 16.3. The van der Waals surface area contributed by atoms with E-state index in [4.69, 9.17) is 11.6 Å². The highest BCUT2D eigenvalue weighted by atomic mass is 35.5. The first kappa shape index (κ1) is 19.3. The van der Waals surface area contributed by atoms with Crippen molar-refractivity contribution in [3.8, 4) is 0 Å². The van der Waals surface area contributed by atoms with Crippen molar-refractivity contribution in [1.82, 2.24) is 15.3 Å². The van der Waals surface area contributed by atoms with Crippen LogP contribution in [0, 0.1) is 6.92 Å². The molecular formula is C20H23ClN4O2. The number of aryl methyl sites for hydroxylation is 2. The van der Waals surface area contributed by atoms with E-state index in [0.717, 1.165) is 36.5 Å². The maximum absolute atomic E-state index is 12.5. The molecular weight excluding hydrogens is 364 g/mol. The molecule has 1 aromatic carbocycles. The molecule has 27 heavy (non-hydrogen) atoms. The monoisotopic (exact) mass is 386 g/mol. The predicted molar refractivity (Wildman–Crippen MR) is 105 cm³/mol. The predicted octanol–water partition coefficient (Wildman–Crippen LogP) is 3.25. The number of fused-ring (bicyclic) bond motifs is 1. The second-order valence-corrected chi connectivity index (χ2v) is 7.04. The quantitative estimate of drug-likeness (QED) is 0.798. The number of carbonyl (C=O) groups is 2. The summed E-state index contributed by atoms with van der Waals surface area (Å²) in [4.78, 5) is 33.4. The molecule has 0 saturated carbocycles. The molecule has 3 rings (SSSR count). The van der Waals surface area contributed by atoms with Crippen LogP contribution >= 0.6 is 11.6 Å². The summed E-state index contributed by atoms with van der Waals surface area (Å²) in [6.07, 6.45) is 4.07. The van der Waals surface area contributed by atoms with Crippen molar-refractivity contribution < 1.29 is 9.59 Å². The molecule has 0 aliphatic heterocycles. The Labute approximate surface area is 163 Å². The van der Waals surface area contributed by atoms with Gasteiger partial charge in [-0.25, -0.2) is 9.97 Å². The van der Waals surface area contributed by atoms with Gasteiger partial charge < -0.3 is 10.6 Å². The van der Waals surface area contributed by atoms with Crippen LogP contribution in [0.2, 0.25) is 5.02 Å². The zero-order chi connectivity index (χ0) is 19.4. The Kier molecular flexibility index (Phi) is 6.06. The third-order valence-electron chi connectivity index (χ3n) is 4.64. The minimum atomic E-state index is -0.268. The minimum absolute atomic E-state index is 0.173. The smallest absolute Gasteiger partial charge is 0.253 e. The van der Waals surface area contributed by atoms with Crippen molar-refractivity contribution in [2.75, 3.05) is 11.9 Å². The molecule has 142 valence electrons. The molecule has 1 aromatic heterocycles. The van der Waals surface area contributed by atoms with Gasteiger partial charge in [0.25, 0.3) is 5.91 Å². The lowest BCUT2D eigenvalue weighted by atomic mass is 10.1. The minimum Gasteiger partial charge on any atom is -0.352 e. The van der Waals surface area contributed by atoms with Gasteiger partial charge in [0.2, 0.25) is 5.91 Å². The standard InChI is InChI=1S/C20H23ClN4O2/c1-3-19(26)25-17-11-13(21)7-8-15(17)20(27)22-10-9-18-23-12(2)14-5-4-6-16(14)24-18/h7-8,11H,3-6,9-10H2,1-2H3,(H,22,27)(H,25,26). The van der Waals surface area contributed by atoms with Gasteiger partial charge in [-0.2, -0.15) is 0 Å². The third kappa shape index (κ3) is 4.63. The molecule has 0 fully saturated rings. The van der Waals surface area contributed by atoms with Gasteiger partial charge in [-0.3, -0.25) is 9.59 Å². The van der Waals surface area contributed by atoms with Crippen LogP contribution in [0.3, 0.4) is 0 Å². The van der Waals surface area contributed by atoms with Gasteiger partial charge in [0, 0.05) is 35.8 Å². The van der Waals surface area contributed by atoms with Gasteiger partial charge in [-0.05, 0) is 49.9 Å². The number of rotatable bonds is 6. The van der Waals surface area contributed by atoms with Crippen LogP contribution in [0.4, 0.5) is 5.69 Å². The van der Waals surface area contributed by atoms with E-state index in [-0.39, 0.29) is 11.8 Å². The van der Waals surface area contributed by atoms with Gasteiger partial charge >= 0.3 is 0 Å². The van der Waals surface area contributed by atoms with Gasteiger partial charge in [0.1, 0.15) is 5.82 Å². The lowest BCUT2D eigenvalue weighted by Crippen LogP contribution is -2.27. The molecule has 0 bridgehead atoms. The Morgan fingerprint density at radius 1 is 1.22 bits per heavy atom.